The van der Waals surface area contributed by atoms with Gasteiger partial charge in [-0.25, -0.2) is 4.79 Å². The van der Waals surface area contributed by atoms with Crippen molar-refractivity contribution >= 4 is 5.97 Å². The molecule has 0 unspecified atom stereocenters. The second-order valence-corrected chi connectivity index (χ2v) is 5.88. The third-order valence-electron chi connectivity index (χ3n) is 3.99. The van der Waals surface area contributed by atoms with Gasteiger partial charge in [-0.3, -0.25) is 0 Å². The second kappa shape index (κ2) is 5.60. The lowest BCUT2D eigenvalue weighted by Crippen LogP contribution is -2.37. The van der Waals surface area contributed by atoms with Gasteiger partial charge >= 0.3 is 5.97 Å². The van der Waals surface area contributed by atoms with Gasteiger partial charge in [0.25, 0.3) is 0 Å². The summed E-state index contributed by atoms with van der Waals surface area (Å²) in [7, 11) is 0. The molecule has 102 valence electrons. The van der Waals surface area contributed by atoms with Crippen LogP contribution in [0, 0.1) is 5.92 Å². The number of benzene rings is 1. The summed E-state index contributed by atoms with van der Waals surface area (Å²) in [6.45, 7) is 6.21. The van der Waals surface area contributed by atoms with Crippen LogP contribution in [0.5, 0.6) is 0 Å². The highest BCUT2D eigenvalue weighted by Gasteiger charge is 2.33. The predicted octanol–water partition coefficient (Wildman–Crippen LogP) is 4.37. The Morgan fingerprint density at radius 3 is 2.53 bits per heavy atom. The van der Waals surface area contributed by atoms with Gasteiger partial charge in [0.2, 0.25) is 0 Å². The Morgan fingerprint density at radius 2 is 1.95 bits per heavy atom. The molecule has 2 heteroatoms. The number of hydrogen-bond acceptors (Lipinski definition) is 2. The maximum Gasteiger partial charge on any atom is 0.338 e. The third kappa shape index (κ3) is 3.46. The van der Waals surface area contributed by atoms with E-state index >= 15 is 0 Å². The topological polar surface area (TPSA) is 26.3 Å². The molecule has 1 atom stereocenters. The normalized spacial score (nSPS) is 19.7. The molecule has 0 aromatic heterocycles. The molecule has 0 N–H and O–H groups in total. The molecule has 0 saturated heterocycles. The van der Waals surface area contributed by atoms with E-state index in [4.69, 9.17) is 4.74 Å². The van der Waals surface area contributed by atoms with Crippen molar-refractivity contribution in [2.45, 2.75) is 45.6 Å². The molecule has 0 amide bonds. The van der Waals surface area contributed by atoms with Gasteiger partial charge < -0.3 is 4.74 Å². The van der Waals surface area contributed by atoms with Gasteiger partial charge in [-0.2, -0.15) is 0 Å². The van der Waals surface area contributed by atoms with Crippen LogP contribution in [0.3, 0.4) is 0 Å². The van der Waals surface area contributed by atoms with E-state index in [1.54, 1.807) is 12.1 Å². The smallest absolute Gasteiger partial charge is 0.338 e. The Labute approximate surface area is 115 Å². The molecule has 0 bridgehead atoms. The molecule has 0 aliphatic heterocycles. The molecule has 1 aromatic carbocycles. The monoisotopic (exact) mass is 258 g/mol. The zero-order valence-electron chi connectivity index (χ0n) is 12.0. The fourth-order valence-electron chi connectivity index (χ4n) is 2.55. The lowest BCUT2D eigenvalue weighted by atomic mass is 9.79. The molecule has 1 aliphatic carbocycles. The summed E-state index contributed by atoms with van der Waals surface area (Å²) < 4.78 is 5.73. The molecule has 2 rings (SSSR count). The van der Waals surface area contributed by atoms with Crippen molar-refractivity contribution in [1.29, 1.82) is 0 Å². The van der Waals surface area contributed by atoms with Crippen molar-refractivity contribution in [3.05, 3.63) is 47.5 Å². The maximum absolute atomic E-state index is 12.1. The summed E-state index contributed by atoms with van der Waals surface area (Å²) in [6.07, 6.45) is 5.47. The Bertz CT molecular complexity index is 471. The number of rotatable bonds is 3. The fraction of sp³-hybridized carbons (Fsp3) is 0.471. The zero-order valence-corrected chi connectivity index (χ0v) is 12.0. The van der Waals surface area contributed by atoms with Crippen LogP contribution in [0.4, 0.5) is 0 Å². The van der Waals surface area contributed by atoms with E-state index < -0.39 is 5.60 Å². The van der Waals surface area contributed by atoms with Crippen molar-refractivity contribution in [3.63, 3.8) is 0 Å². The number of esters is 1. The molecule has 1 aromatic rings. The number of hydrogen-bond donors (Lipinski definition) is 0. The van der Waals surface area contributed by atoms with E-state index in [1.165, 1.54) is 5.57 Å². The van der Waals surface area contributed by atoms with Crippen LogP contribution in [-0.4, -0.2) is 11.6 Å². The van der Waals surface area contributed by atoms with Crippen molar-refractivity contribution in [3.8, 4) is 0 Å². The first-order valence-corrected chi connectivity index (χ1v) is 6.93. The molecule has 0 heterocycles. The van der Waals surface area contributed by atoms with E-state index in [0.29, 0.717) is 11.5 Å². The van der Waals surface area contributed by atoms with Gasteiger partial charge in [0.05, 0.1) is 5.56 Å². The SMILES string of the molecule is CC1=CC[C@H](C(C)(C)OC(=O)c2ccccc2)CC1. The van der Waals surface area contributed by atoms with Crippen LogP contribution >= 0.6 is 0 Å². The van der Waals surface area contributed by atoms with Crippen LogP contribution in [0.1, 0.15) is 50.4 Å². The number of ether oxygens (including phenoxy) is 1. The van der Waals surface area contributed by atoms with Crippen LogP contribution in [0.25, 0.3) is 0 Å². The number of allylic oxidation sites excluding steroid dienone is 2. The van der Waals surface area contributed by atoms with Crippen molar-refractivity contribution < 1.29 is 9.53 Å². The summed E-state index contributed by atoms with van der Waals surface area (Å²) >= 11 is 0. The van der Waals surface area contributed by atoms with Crippen LogP contribution in [0.2, 0.25) is 0 Å². The largest absolute Gasteiger partial charge is 0.456 e. The summed E-state index contributed by atoms with van der Waals surface area (Å²) in [4.78, 5) is 12.1. The molecule has 0 radical (unpaired) electrons. The molecular weight excluding hydrogens is 236 g/mol. The van der Waals surface area contributed by atoms with Gasteiger partial charge in [0, 0.05) is 5.92 Å². The Kier molecular flexibility index (Phi) is 4.08. The first kappa shape index (κ1) is 13.9. The summed E-state index contributed by atoms with van der Waals surface area (Å²) in [5.41, 5.74) is 1.66. The average Bonchev–Trinajstić information content (AvgIpc) is 2.40. The fourth-order valence-corrected chi connectivity index (χ4v) is 2.55. The predicted molar refractivity (Wildman–Crippen MR) is 77.0 cm³/mol. The Morgan fingerprint density at radius 1 is 1.26 bits per heavy atom. The first-order chi connectivity index (χ1) is 8.99. The summed E-state index contributed by atoms with van der Waals surface area (Å²) in [5.74, 6) is 0.181. The third-order valence-corrected chi connectivity index (χ3v) is 3.99. The molecule has 2 nitrogen and oxygen atoms in total. The summed E-state index contributed by atoms with van der Waals surface area (Å²) in [5, 5.41) is 0. The standard InChI is InChI=1S/C17H22O2/c1-13-9-11-15(12-10-13)17(2,3)19-16(18)14-7-5-4-6-8-14/h4-9,15H,10-12H2,1-3H3/t15-/m0/s1. The number of carbonyl (C=O) groups excluding carboxylic acids is 1. The molecule has 0 saturated carbocycles. The summed E-state index contributed by atoms with van der Waals surface area (Å²) in [6, 6.07) is 9.20. The van der Waals surface area contributed by atoms with Gasteiger partial charge in [0.1, 0.15) is 5.60 Å². The van der Waals surface area contributed by atoms with E-state index in [-0.39, 0.29) is 5.97 Å². The van der Waals surface area contributed by atoms with Gasteiger partial charge in [-0.05, 0) is 52.2 Å². The van der Waals surface area contributed by atoms with Crippen molar-refractivity contribution in [1.82, 2.24) is 0 Å². The lowest BCUT2D eigenvalue weighted by molar-refractivity contribution is -0.0322. The molecule has 1 aliphatic rings. The van der Waals surface area contributed by atoms with E-state index in [9.17, 15) is 4.79 Å². The number of carbonyl (C=O) groups is 1. The zero-order chi connectivity index (χ0) is 13.9. The van der Waals surface area contributed by atoms with Crippen molar-refractivity contribution in [2.75, 3.05) is 0 Å². The average molecular weight is 258 g/mol. The molecule has 0 spiro atoms. The Hall–Kier alpha value is -1.57. The lowest BCUT2D eigenvalue weighted by Gasteiger charge is -2.35. The quantitative estimate of drug-likeness (QED) is 0.594. The van der Waals surface area contributed by atoms with E-state index in [1.807, 2.05) is 32.0 Å². The Balaban J connectivity index is 2.03. The van der Waals surface area contributed by atoms with Gasteiger partial charge in [0.15, 0.2) is 0 Å². The highest BCUT2D eigenvalue weighted by atomic mass is 16.6. The van der Waals surface area contributed by atoms with Crippen LogP contribution < -0.4 is 0 Å². The van der Waals surface area contributed by atoms with Crippen molar-refractivity contribution in [2.24, 2.45) is 5.92 Å². The minimum Gasteiger partial charge on any atom is -0.456 e. The van der Waals surface area contributed by atoms with Crippen LogP contribution in [-0.2, 0) is 4.74 Å². The van der Waals surface area contributed by atoms with Gasteiger partial charge in [-0.1, -0.05) is 29.8 Å². The molecule has 19 heavy (non-hydrogen) atoms. The first-order valence-electron chi connectivity index (χ1n) is 6.93. The van der Waals surface area contributed by atoms with Gasteiger partial charge in [-0.15, -0.1) is 0 Å². The highest BCUT2D eigenvalue weighted by molar-refractivity contribution is 5.89. The minimum atomic E-state index is -0.413. The van der Waals surface area contributed by atoms with E-state index in [0.717, 1.165) is 19.3 Å². The van der Waals surface area contributed by atoms with Crippen LogP contribution in [0.15, 0.2) is 42.0 Å². The molecular formula is C17H22O2. The van der Waals surface area contributed by atoms with E-state index in [2.05, 4.69) is 13.0 Å². The minimum absolute atomic E-state index is 0.225. The second-order valence-electron chi connectivity index (χ2n) is 5.88. The molecule has 0 fully saturated rings. The highest BCUT2D eigenvalue weighted by Crippen LogP contribution is 2.34. The maximum atomic E-state index is 12.1.